The Morgan fingerprint density at radius 1 is 1.37 bits per heavy atom. The summed E-state index contributed by atoms with van der Waals surface area (Å²) in [6.45, 7) is 5.23. The third-order valence-electron chi connectivity index (χ3n) is 3.97. The van der Waals surface area contributed by atoms with E-state index < -0.39 is 0 Å². The second-order valence-electron chi connectivity index (χ2n) is 5.28. The summed E-state index contributed by atoms with van der Waals surface area (Å²) in [5, 5.41) is 0. The van der Waals surface area contributed by atoms with Crippen molar-refractivity contribution in [2.45, 2.75) is 32.4 Å². The number of imidazole rings is 1. The number of nitrogens with two attached hydrogens (primary N) is 1. The molecule has 2 N–H and O–H groups in total. The first-order chi connectivity index (χ1) is 9.16. The van der Waals surface area contributed by atoms with Crippen molar-refractivity contribution < 1.29 is 4.39 Å². The van der Waals surface area contributed by atoms with Gasteiger partial charge in [-0.15, -0.1) is 0 Å². The van der Waals surface area contributed by atoms with Gasteiger partial charge in [0.05, 0.1) is 5.52 Å². The Hall–Kier alpha value is -1.62. The Labute approximate surface area is 112 Å². The highest BCUT2D eigenvalue weighted by molar-refractivity contribution is 5.78. The van der Waals surface area contributed by atoms with Crippen LogP contribution in [-0.4, -0.2) is 33.6 Å². The number of nitrogens with zero attached hydrogens (tertiary/aromatic N) is 3. The molecule has 1 unspecified atom stereocenters. The molecule has 2 aromatic rings. The van der Waals surface area contributed by atoms with Crippen molar-refractivity contribution in [1.82, 2.24) is 14.5 Å². The molecule has 102 valence electrons. The number of hydrogen-bond acceptors (Lipinski definition) is 3. The number of para-hydroxylation sites is 1. The Kier molecular flexibility index (Phi) is 3.14. The van der Waals surface area contributed by atoms with Gasteiger partial charge in [0.15, 0.2) is 5.82 Å². The van der Waals surface area contributed by atoms with Crippen LogP contribution in [0.15, 0.2) is 18.2 Å². The van der Waals surface area contributed by atoms with Crippen LogP contribution < -0.4 is 5.73 Å². The summed E-state index contributed by atoms with van der Waals surface area (Å²) in [6.07, 6.45) is 2.53. The molecular formula is C14H19FN4. The lowest BCUT2D eigenvalue weighted by Crippen LogP contribution is -2.33. The smallest absolute Gasteiger partial charge is 0.201 e. The SMILES string of the molecule is CC(Cn1c(N)nc2c(F)cccc21)N1CCCC1. The van der Waals surface area contributed by atoms with E-state index in [9.17, 15) is 4.39 Å². The van der Waals surface area contributed by atoms with Gasteiger partial charge in [0.1, 0.15) is 5.52 Å². The van der Waals surface area contributed by atoms with Crippen LogP contribution in [0.4, 0.5) is 10.3 Å². The minimum atomic E-state index is -0.309. The monoisotopic (exact) mass is 262 g/mol. The molecule has 0 aliphatic carbocycles. The van der Waals surface area contributed by atoms with Crippen LogP contribution >= 0.6 is 0 Å². The predicted molar refractivity (Wildman–Crippen MR) is 74.4 cm³/mol. The van der Waals surface area contributed by atoms with E-state index in [1.165, 1.54) is 18.9 Å². The standard InChI is InChI=1S/C14H19FN4/c1-10(18-7-2-3-8-18)9-19-12-6-4-5-11(15)13(12)17-14(19)16/h4-6,10H,2-3,7-9H2,1H3,(H2,16,17). The van der Waals surface area contributed by atoms with Crippen molar-refractivity contribution in [2.24, 2.45) is 0 Å². The van der Waals surface area contributed by atoms with Gasteiger partial charge in [-0.3, -0.25) is 4.90 Å². The second-order valence-corrected chi connectivity index (χ2v) is 5.28. The number of aromatic nitrogens is 2. The molecule has 1 aliphatic heterocycles. The lowest BCUT2D eigenvalue weighted by molar-refractivity contribution is 0.238. The molecule has 0 spiro atoms. The molecule has 1 aromatic carbocycles. The minimum Gasteiger partial charge on any atom is -0.369 e. The van der Waals surface area contributed by atoms with Gasteiger partial charge < -0.3 is 10.3 Å². The lowest BCUT2D eigenvalue weighted by atomic mass is 10.2. The van der Waals surface area contributed by atoms with Crippen LogP contribution in [0.25, 0.3) is 11.0 Å². The van der Waals surface area contributed by atoms with Crippen molar-refractivity contribution >= 4 is 17.0 Å². The Morgan fingerprint density at radius 3 is 2.84 bits per heavy atom. The highest BCUT2D eigenvalue weighted by atomic mass is 19.1. The van der Waals surface area contributed by atoms with Crippen LogP contribution in [-0.2, 0) is 6.54 Å². The van der Waals surface area contributed by atoms with Crippen molar-refractivity contribution in [3.63, 3.8) is 0 Å². The number of benzene rings is 1. The molecule has 0 amide bonds. The molecule has 0 radical (unpaired) electrons. The number of rotatable bonds is 3. The number of hydrogen-bond donors (Lipinski definition) is 1. The van der Waals surface area contributed by atoms with Crippen LogP contribution in [0.3, 0.4) is 0 Å². The average Bonchev–Trinajstić information content (AvgIpc) is 3.00. The maximum Gasteiger partial charge on any atom is 0.201 e. The molecule has 0 bridgehead atoms. The van der Waals surface area contributed by atoms with Gasteiger partial charge in [-0.1, -0.05) is 6.07 Å². The molecule has 4 nitrogen and oxygen atoms in total. The summed E-state index contributed by atoms with van der Waals surface area (Å²) >= 11 is 0. The van der Waals surface area contributed by atoms with Crippen LogP contribution in [0.5, 0.6) is 0 Å². The second kappa shape index (κ2) is 4.81. The van der Waals surface area contributed by atoms with E-state index in [0.29, 0.717) is 17.5 Å². The van der Waals surface area contributed by atoms with E-state index in [2.05, 4.69) is 16.8 Å². The van der Waals surface area contributed by atoms with E-state index in [-0.39, 0.29) is 5.82 Å². The molecule has 3 rings (SSSR count). The fraction of sp³-hybridized carbons (Fsp3) is 0.500. The highest BCUT2D eigenvalue weighted by Gasteiger charge is 2.20. The maximum absolute atomic E-state index is 13.7. The van der Waals surface area contributed by atoms with E-state index >= 15 is 0 Å². The Balaban J connectivity index is 1.91. The Bertz CT molecular complexity index is 586. The van der Waals surface area contributed by atoms with E-state index in [0.717, 1.165) is 25.2 Å². The van der Waals surface area contributed by atoms with Crippen molar-refractivity contribution in [3.8, 4) is 0 Å². The molecule has 0 saturated carbocycles. The Morgan fingerprint density at radius 2 is 2.11 bits per heavy atom. The zero-order valence-electron chi connectivity index (χ0n) is 11.1. The molecule has 1 aromatic heterocycles. The molecular weight excluding hydrogens is 243 g/mol. The maximum atomic E-state index is 13.7. The molecule has 1 atom stereocenters. The zero-order chi connectivity index (χ0) is 13.4. The molecule has 2 heterocycles. The third-order valence-corrected chi connectivity index (χ3v) is 3.97. The first kappa shape index (κ1) is 12.4. The average molecular weight is 262 g/mol. The van der Waals surface area contributed by atoms with Crippen LogP contribution in [0.2, 0.25) is 0 Å². The summed E-state index contributed by atoms with van der Waals surface area (Å²) in [6, 6.07) is 5.39. The van der Waals surface area contributed by atoms with Gasteiger partial charge in [-0.25, -0.2) is 9.37 Å². The topological polar surface area (TPSA) is 47.1 Å². The van der Waals surface area contributed by atoms with E-state index in [1.54, 1.807) is 6.07 Å². The first-order valence-electron chi connectivity index (χ1n) is 6.81. The predicted octanol–water partition coefficient (Wildman–Crippen LogP) is 2.24. The molecule has 19 heavy (non-hydrogen) atoms. The number of halogens is 1. The first-order valence-corrected chi connectivity index (χ1v) is 6.81. The summed E-state index contributed by atoms with van der Waals surface area (Å²) < 4.78 is 15.6. The summed E-state index contributed by atoms with van der Waals surface area (Å²) in [4.78, 5) is 6.59. The largest absolute Gasteiger partial charge is 0.369 e. The highest BCUT2D eigenvalue weighted by Crippen LogP contribution is 2.22. The van der Waals surface area contributed by atoms with Crippen LogP contribution in [0, 0.1) is 5.82 Å². The van der Waals surface area contributed by atoms with E-state index in [1.807, 2.05) is 10.6 Å². The summed E-state index contributed by atoms with van der Waals surface area (Å²) in [5.74, 6) is 0.0860. The van der Waals surface area contributed by atoms with Crippen molar-refractivity contribution in [3.05, 3.63) is 24.0 Å². The molecule has 1 fully saturated rings. The fourth-order valence-corrected chi connectivity index (χ4v) is 2.88. The lowest BCUT2D eigenvalue weighted by Gasteiger charge is -2.24. The van der Waals surface area contributed by atoms with Crippen molar-refractivity contribution in [2.75, 3.05) is 18.8 Å². The van der Waals surface area contributed by atoms with Gasteiger partial charge in [0.2, 0.25) is 5.95 Å². The van der Waals surface area contributed by atoms with Gasteiger partial charge in [0, 0.05) is 12.6 Å². The van der Waals surface area contributed by atoms with Gasteiger partial charge in [-0.05, 0) is 45.0 Å². The number of likely N-dealkylation sites (tertiary alicyclic amines) is 1. The van der Waals surface area contributed by atoms with Gasteiger partial charge in [0.25, 0.3) is 0 Å². The molecule has 1 saturated heterocycles. The molecule has 1 aliphatic rings. The van der Waals surface area contributed by atoms with Crippen LogP contribution in [0.1, 0.15) is 19.8 Å². The zero-order valence-corrected chi connectivity index (χ0v) is 11.1. The third kappa shape index (κ3) is 2.18. The van der Waals surface area contributed by atoms with Crippen molar-refractivity contribution in [1.29, 1.82) is 0 Å². The normalized spacial score (nSPS) is 18.2. The quantitative estimate of drug-likeness (QED) is 0.922. The van der Waals surface area contributed by atoms with Gasteiger partial charge in [-0.2, -0.15) is 0 Å². The van der Waals surface area contributed by atoms with Gasteiger partial charge >= 0.3 is 0 Å². The minimum absolute atomic E-state index is 0.309. The summed E-state index contributed by atoms with van der Waals surface area (Å²) in [5.41, 5.74) is 7.09. The number of fused-ring (bicyclic) bond motifs is 1. The molecule has 5 heteroatoms. The fourth-order valence-electron chi connectivity index (χ4n) is 2.88. The number of anilines is 1. The summed E-state index contributed by atoms with van der Waals surface area (Å²) in [7, 11) is 0. The van der Waals surface area contributed by atoms with E-state index in [4.69, 9.17) is 5.73 Å². The number of nitrogen functional groups attached to an aromatic ring is 1.